The largest absolute Gasteiger partial charge is 0.309 e. The summed E-state index contributed by atoms with van der Waals surface area (Å²) < 4.78 is 9.42. The fraction of sp³-hybridized carbons (Fsp3) is 0.0323. The van der Waals surface area contributed by atoms with Gasteiger partial charge >= 0.3 is 0 Å². The number of hydrogen-bond donors (Lipinski definition) is 0. The quantitative estimate of drug-likeness (QED) is 0.173. The van der Waals surface area contributed by atoms with Crippen LogP contribution >= 0.6 is 0 Å². The van der Waals surface area contributed by atoms with Crippen LogP contribution in [0, 0.1) is 25.2 Å². The predicted octanol–water partition coefficient (Wildman–Crippen LogP) is 15.6. The lowest BCUT2D eigenvalue weighted by molar-refractivity contribution is 1.11. The Morgan fingerprint density at radius 1 is 0.338 bits per heavy atom. The lowest BCUT2D eigenvalue weighted by atomic mass is 9.98. The molecule has 0 amide bonds. The molecule has 5 aromatic heterocycles. The minimum Gasteiger partial charge on any atom is -0.309 e. The third kappa shape index (κ3) is 5.41. The van der Waals surface area contributed by atoms with Gasteiger partial charge in [-0.05, 0) is 104 Å². The zero-order valence-corrected chi connectivity index (χ0v) is 37.3. The van der Waals surface area contributed by atoms with Gasteiger partial charge in [0.25, 0.3) is 0 Å². The summed E-state index contributed by atoms with van der Waals surface area (Å²) in [6, 6.07) is 76.8. The van der Waals surface area contributed by atoms with E-state index in [0.29, 0.717) is 5.56 Å². The Morgan fingerprint density at radius 3 is 1.06 bits per heavy atom. The number of fused-ring (bicyclic) bond motifs is 12. The molecule has 0 radical (unpaired) electrons. The molecule has 0 fully saturated rings. The summed E-state index contributed by atoms with van der Waals surface area (Å²) in [5.74, 6) is 0. The second-order valence-electron chi connectivity index (χ2n) is 18.0. The van der Waals surface area contributed by atoms with E-state index in [2.05, 4.69) is 244 Å². The van der Waals surface area contributed by atoms with Gasteiger partial charge in [-0.2, -0.15) is 5.26 Å². The van der Waals surface area contributed by atoms with Crippen LogP contribution in [0.5, 0.6) is 0 Å². The Labute approximate surface area is 391 Å². The van der Waals surface area contributed by atoms with Crippen molar-refractivity contribution in [2.75, 3.05) is 0 Å². The van der Waals surface area contributed by atoms with Crippen LogP contribution in [0.2, 0.25) is 0 Å². The summed E-state index contributed by atoms with van der Waals surface area (Å²) in [6.07, 6.45) is 0. The van der Waals surface area contributed by atoms with Crippen molar-refractivity contribution in [3.63, 3.8) is 0 Å². The molecule has 0 spiro atoms. The fourth-order valence-corrected chi connectivity index (χ4v) is 11.4. The Bertz CT molecular complexity index is 4360. The highest BCUT2D eigenvalue weighted by molar-refractivity contribution is 6.14. The van der Waals surface area contributed by atoms with Crippen LogP contribution in [-0.4, -0.2) is 23.3 Å². The molecule has 0 bridgehead atoms. The highest BCUT2D eigenvalue weighted by atomic mass is 15.0. The molecule has 9 aromatic carbocycles. The molecule has 0 N–H and O–H groups in total. The average molecular weight is 869 g/mol. The summed E-state index contributed by atoms with van der Waals surface area (Å²) in [6.45, 7) is 4.12. The van der Waals surface area contributed by atoms with E-state index in [1.807, 2.05) is 0 Å². The first-order chi connectivity index (χ1) is 33.5. The maximum atomic E-state index is 11.5. The van der Waals surface area contributed by atoms with Crippen molar-refractivity contribution in [2.45, 2.75) is 13.8 Å². The van der Waals surface area contributed by atoms with Crippen molar-refractivity contribution in [1.29, 1.82) is 5.26 Å². The molecule has 0 aliphatic carbocycles. The standard InChI is InChI=1S/C62H40N6/c1-38-31-40(32-39(2)64-38)52-36-59(67-57-25-13-7-19-48(57)50-29-27-42(34-61(50)67)65-53-21-9-3-15-44(53)45-16-4-10-22-54(45)65)41(37-63)33-60(52)68-58-26-14-8-20-49(58)51-30-28-43(35-62(51)68)66-55-23-11-5-17-46(55)47-18-6-12-24-56(47)66/h3-36H,1-2H3. The maximum absolute atomic E-state index is 11.5. The SMILES string of the molecule is Cc1cc(-c2cc(-n3c4ccccc4c4ccc(-n5c6ccccc6c6ccccc65)cc43)c(C#N)cc2-n2c3ccccc3c3ccc(-n4c5ccccc5c5ccccc54)cc32)cc(C)n1. The van der Waals surface area contributed by atoms with Gasteiger partial charge < -0.3 is 18.3 Å². The van der Waals surface area contributed by atoms with Crippen molar-refractivity contribution in [2.24, 2.45) is 0 Å². The van der Waals surface area contributed by atoms with E-state index in [1.165, 1.54) is 21.5 Å². The first kappa shape index (κ1) is 38.1. The van der Waals surface area contributed by atoms with Gasteiger partial charge in [-0.1, -0.05) is 121 Å². The Hall–Kier alpha value is -9.18. The molecule has 0 atom stereocenters. The van der Waals surface area contributed by atoms with Crippen molar-refractivity contribution >= 4 is 87.2 Å². The van der Waals surface area contributed by atoms with Gasteiger partial charge in [0.1, 0.15) is 6.07 Å². The topological polar surface area (TPSA) is 56.4 Å². The Kier molecular flexibility index (Phi) is 8.08. The van der Waals surface area contributed by atoms with Crippen molar-refractivity contribution in [3.8, 4) is 39.9 Å². The van der Waals surface area contributed by atoms with E-state index in [9.17, 15) is 5.26 Å². The molecule has 6 heteroatoms. The highest BCUT2D eigenvalue weighted by Gasteiger charge is 2.24. The zero-order chi connectivity index (χ0) is 45.2. The number of rotatable bonds is 5. The molecule has 5 heterocycles. The molecule has 0 aliphatic heterocycles. The molecule has 318 valence electrons. The van der Waals surface area contributed by atoms with Gasteiger partial charge in [0.05, 0.1) is 61.1 Å². The molecule has 0 saturated heterocycles. The second kappa shape index (κ2) is 14.4. The summed E-state index contributed by atoms with van der Waals surface area (Å²) in [5, 5.41) is 20.9. The lowest BCUT2D eigenvalue weighted by Gasteiger charge is -2.20. The van der Waals surface area contributed by atoms with E-state index >= 15 is 0 Å². The Balaban J connectivity index is 1.07. The van der Waals surface area contributed by atoms with Crippen molar-refractivity contribution in [3.05, 3.63) is 223 Å². The van der Waals surface area contributed by atoms with Gasteiger partial charge in [0, 0.05) is 71.4 Å². The minimum atomic E-state index is 0.570. The van der Waals surface area contributed by atoms with Gasteiger partial charge in [-0.25, -0.2) is 0 Å². The molecule has 0 saturated carbocycles. The van der Waals surface area contributed by atoms with E-state index in [0.717, 1.165) is 111 Å². The number of para-hydroxylation sites is 6. The zero-order valence-electron chi connectivity index (χ0n) is 37.3. The van der Waals surface area contributed by atoms with Gasteiger partial charge in [-0.15, -0.1) is 0 Å². The first-order valence-corrected chi connectivity index (χ1v) is 23.1. The molecule has 14 aromatic rings. The molecule has 0 aliphatic rings. The van der Waals surface area contributed by atoms with Crippen LogP contribution in [0.3, 0.4) is 0 Å². The van der Waals surface area contributed by atoms with Crippen molar-refractivity contribution < 1.29 is 0 Å². The van der Waals surface area contributed by atoms with Crippen LogP contribution in [-0.2, 0) is 0 Å². The fourth-order valence-electron chi connectivity index (χ4n) is 11.4. The number of benzene rings is 9. The summed E-state index contributed by atoms with van der Waals surface area (Å²) in [7, 11) is 0. The van der Waals surface area contributed by atoms with E-state index in [1.54, 1.807) is 0 Å². The maximum Gasteiger partial charge on any atom is 0.101 e. The summed E-state index contributed by atoms with van der Waals surface area (Å²) in [4.78, 5) is 4.84. The van der Waals surface area contributed by atoms with Gasteiger partial charge in [0.2, 0.25) is 0 Å². The first-order valence-electron chi connectivity index (χ1n) is 23.1. The number of aryl methyl sites for hydroxylation is 2. The van der Waals surface area contributed by atoms with E-state index in [-0.39, 0.29) is 0 Å². The van der Waals surface area contributed by atoms with Gasteiger partial charge in [-0.3, -0.25) is 4.98 Å². The summed E-state index contributed by atoms with van der Waals surface area (Å²) in [5.41, 5.74) is 17.1. The molecular formula is C62H40N6. The normalized spacial score (nSPS) is 12.0. The van der Waals surface area contributed by atoms with Gasteiger partial charge in [0.15, 0.2) is 0 Å². The lowest BCUT2D eigenvalue weighted by Crippen LogP contribution is -2.05. The van der Waals surface area contributed by atoms with Crippen LogP contribution in [0.25, 0.3) is 121 Å². The number of hydrogen-bond acceptors (Lipinski definition) is 2. The highest BCUT2D eigenvalue weighted by Crippen LogP contribution is 2.43. The number of aromatic nitrogens is 5. The minimum absolute atomic E-state index is 0.570. The smallest absolute Gasteiger partial charge is 0.101 e. The van der Waals surface area contributed by atoms with Crippen molar-refractivity contribution in [1.82, 2.24) is 23.3 Å². The molecular weight excluding hydrogens is 829 g/mol. The third-order valence-corrected chi connectivity index (χ3v) is 14.1. The van der Waals surface area contributed by atoms with Crippen LogP contribution in [0.1, 0.15) is 17.0 Å². The van der Waals surface area contributed by atoms with Crippen LogP contribution < -0.4 is 0 Å². The number of nitrogens with zero attached hydrogens (tertiary/aromatic N) is 6. The monoisotopic (exact) mass is 868 g/mol. The predicted molar refractivity (Wildman–Crippen MR) is 281 cm³/mol. The van der Waals surface area contributed by atoms with Crippen LogP contribution in [0.15, 0.2) is 206 Å². The van der Waals surface area contributed by atoms with Crippen LogP contribution in [0.4, 0.5) is 0 Å². The Morgan fingerprint density at radius 2 is 0.676 bits per heavy atom. The van der Waals surface area contributed by atoms with E-state index in [4.69, 9.17) is 4.98 Å². The molecule has 14 rings (SSSR count). The van der Waals surface area contributed by atoms with E-state index < -0.39 is 0 Å². The average Bonchev–Trinajstić information content (AvgIpc) is 4.10. The molecule has 0 unspecified atom stereocenters. The number of pyridine rings is 1. The molecule has 68 heavy (non-hydrogen) atoms. The second-order valence-corrected chi connectivity index (χ2v) is 18.0. The number of nitriles is 1. The molecule has 6 nitrogen and oxygen atoms in total. The third-order valence-electron chi connectivity index (χ3n) is 14.1. The summed E-state index contributed by atoms with van der Waals surface area (Å²) >= 11 is 0.